The third-order valence-corrected chi connectivity index (χ3v) is 4.40. The molecule has 0 spiro atoms. The van der Waals surface area contributed by atoms with E-state index in [1.165, 1.54) is 35.1 Å². The van der Waals surface area contributed by atoms with Gasteiger partial charge in [0.25, 0.3) is 5.91 Å². The highest BCUT2D eigenvalue weighted by Crippen LogP contribution is 2.21. The zero-order valence-corrected chi connectivity index (χ0v) is 17.0. The van der Waals surface area contributed by atoms with Crippen molar-refractivity contribution in [1.29, 1.82) is 0 Å². The summed E-state index contributed by atoms with van der Waals surface area (Å²) >= 11 is 0. The molecule has 3 aromatic rings. The van der Waals surface area contributed by atoms with Crippen molar-refractivity contribution in [2.24, 2.45) is 0 Å². The molecule has 0 radical (unpaired) electrons. The minimum absolute atomic E-state index is 0.0367. The predicted molar refractivity (Wildman–Crippen MR) is 111 cm³/mol. The first kappa shape index (κ1) is 21.6. The Labute approximate surface area is 177 Å². The van der Waals surface area contributed by atoms with Gasteiger partial charge in [-0.3, -0.25) is 19.0 Å². The molecular weight excluding hydrogens is 404 g/mol. The molecule has 0 atom stereocenters. The molecule has 0 fully saturated rings. The summed E-state index contributed by atoms with van der Waals surface area (Å²) in [7, 11) is 1.53. The summed E-state index contributed by atoms with van der Waals surface area (Å²) in [5.74, 6) is -1.28. The van der Waals surface area contributed by atoms with Crippen LogP contribution in [0.3, 0.4) is 0 Å². The van der Waals surface area contributed by atoms with Crippen LogP contribution in [0.4, 0.5) is 11.4 Å². The molecule has 0 aliphatic heterocycles. The van der Waals surface area contributed by atoms with Gasteiger partial charge in [0.15, 0.2) is 0 Å². The number of nitrogens with one attached hydrogen (secondary N) is 2. The van der Waals surface area contributed by atoms with E-state index in [0.717, 1.165) is 0 Å². The smallest absolute Gasteiger partial charge is 0.338 e. The summed E-state index contributed by atoms with van der Waals surface area (Å²) in [5.41, 5.74) is 1.07. The second-order valence-corrected chi connectivity index (χ2v) is 6.50. The Kier molecular flexibility index (Phi) is 6.65. The number of aromatic carboxylic acids is 1. The van der Waals surface area contributed by atoms with Crippen LogP contribution in [0.25, 0.3) is 0 Å². The fraction of sp³-hybridized carbons (Fsp3) is 0.250. The number of hydrogen-bond acceptors (Lipinski definition) is 6. The van der Waals surface area contributed by atoms with Crippen LogP contribution < -0.4 is 15.4 Å². The first-order valence-corrected chi connectivity index (χ1v) is 9.48. The van der Waals surface area contributed by atoms with Crippen LogP contribution in [0.15, 0.2) is 42.9 Å². The van der Waals surface area contributed by atoms with E-state index >= 15 is 0 Å². The number of carbonyl (C=O) groups excluding carboxylic acids is 2. The fourth-order valence-electron chi connectivity index (χ4n) is 2.87. The van der Waals surface area contributed by atoms with Crippen molar-refractivity contribution in [3.05, 3.63) is 54.1 Å². The van der Waals surface area contributed by atoms with Crippen LogP contribution in [0, 0.1) is 0 Å². The molecule has 3 rings (SSSR count). The molecule has 0 aliphatic rings. The third kappa shape index (κ3) is 5.26. The van der Waals surface area contributed by atoms with Crippen LogP contribution in [-0.4, -0.2) is 49.6 Å². The molecule has 3 N–H and O–H groups in total. The molecule has 0 bridgehead atoms. The molecule has 2 heterocycles. The maximum Gasteiger partial charge on any atom is 0.338 e. The number of carboxylic acid groups (broad SMARTS) is 1. The van der Waals surface area contributed by atoms with E-state index < -0.39 is 11.9 Å². The van der Waals surface area contributed by atoms with Crippen molar-refractivity contribution in [2.45, 2.75) is 26.4 Å². The van der Waals surface area contributed by atoms with Gasteiger partial charge in [-0.15, -0.1) is 0 Å². The van der Waals surface area contributed by atoms with Crippen molar-refractivity contribution in [3.63, 3.8) is 0 Å². The molecule has 162 valence electrons. The average molecular weight is 426 g/mol. The largest absolute Gasteiger partial charge is 0.497 e. The average Bonchev–Trinajstić information content (AvgIpc) is 3.39. The highest BCUT2D eigenvalue weighted by Gasteiger charge is 2.20. The highest BCUT2D eigenvalue weighted by atomic mass is 16.5. The van der Waals surface area contributed by atoms with Gasteiger partial charge in [-0.2, -0.15) is 10.2 Å². The number of rotatable bonds is 9. The summed E-state index contributed by atoms with van der Waals surface area (Å²) in [4.78, 5) is 36.2. The number of amides is 2. The highest BCUT2D eigenvalue weighted by molar-refractivity contribution is 6.09. The van der Waals surface area contributed by atoms with Gasteiger partial charge in [-0.05, 0) is 19.1 Å². The van der Waals surface area contributed by atoms with Crippen molar-refractivity contribution in [3.8, 4) is 5.75 Å². The molecule has 2 amide bonds. The first-order chi connectivity index (χ1) is 14.9. The number of ether oxygens (including phenoxy) is 1. The summed E-state index contributed by atoms with van der Waals surface area (Å²) in [6, 6.07) is 6.91. The normalized spacial score (nSPS) is 10.5. The van der Waals surface area contributed by atoms with Crippen molar-refractivity contribution < 1.29 is 24.2 Å². The Morgan fingerprint density at radius 1 is 1.16 bits per heavy atom. The lowest BCUT2D eigenvalue weighted by Gasteiger charge is -2.11. The number of aromatic nitrogens is 4. The minimum Gasteiger partial charge on any atom is -0.497 e. The van der Waals surface area contributed by atoms with Gasteiger partial charge in [0.05, 0.1) is 30.8 Å². The molecule has 2 aromatic heterocycles. The van der Waals surface area contributed by atoms with Crippen LogP contribution in [0.5, 0.6) is 5.75 Å². The standard InChI is InChI=1S/C20H22N6O5/c1-3-26-18(19(28)23-14-5-4-6-15(9-14)31-2)16(11-22-26)24-17(27)7-8-25-12-13(10-21-25)20(29)30/h4-6,9-12H,3,7-8H2,1-2H3,(H,23,28)(H,24,27)(H,29,30). The van der Waals surface area contributed by atoms with Gasteiger partial charge >= 0.3 is 5.97 Å². The SMILES string of the molecule is CCn1ncc(NC(=O)CCn2cc(C(=O)O)cn2)c1C(=O)Nc1cccc(OC)c1. The van der Waals surface area contributed by atoms with Gasteiger partial charge in [0, 0.05) is 37.5 Å². The van der Waals surface area contributed by atoms with E-state index in [0.29, 0.717) is 18.0 Å². The van der Waals surface area contributed by atoms with E-state index in [4.69, 9.17) is 9.84 Å². The van der Waals surface area contributed by atoms with E-state index in [9.17, 15) is 14.4 Å². The molecule has 11 nitrogen and oxygen atoms in total. The Morgan fingerprint density at radius 2 is 1.97 bits per heavy atom. The monoisotopic (exact) mass is 426 g/mol. The number of methoxy groups -OCH3 is 1. The summed E-state index contributed by atoms with van der Waals surface area (Å²) in [6.07, 6.45) is 4.01. The number of nitrogens with zero attached hydrogens (tertiary/aromatic N) is 4. The van der Waals surface area contributed by atoms with E-state index in [-0.39, 0.29) is 35.8 Å². The Hall–Kier alpha value is -4.15. The quantitative estimate of drug-likeness (QED) is 0.476. The lowest BCUT2D eigenvalue weighted by molar-refractivity contribution is -0.116. The topological polar surface area (TPSA) is 140 Å². The number of aryl methyl sites for hydroxylation is 2. The Morgan fingerprint density at radius 3 is 2.65 bits per heavy atom. The minimum atomic E-state index is -1.09. The Balaban J connectivity index is 1.68. The van der Waals surface area contributed by atoms with Gasteiger partial charge in [-0.25, -0.2) is 4.79 Å². The first-order valence-electron chi connectivity index (χ1n) is 9.48. The molecular formula is C20H22N6O5. The van der Waals surface area contributed by atoms with Crippen LogP contribution in [-0.2, 0) is 17.9 Å². The van der Waals surface area contributed by atoms with Gasteiger partial charge < -0.3 is 20.5 Å². The number of hydrogen-bond donors (Lipinski definition) is 3. The molecule has 1 aromatic carbocycles. The van der Waals surface area contributed by atoms with Crippen molar-refractivity contribution >= 4 is 29.2 Å². The lowest BCUT2D eigenvalue weighted by atomic mass is 10.2. The fourth-order valence-corrected chi connectivity index (χ4v) is 2.87. The number of anilines is 2. The van der Waals surface area contributed by atoms with Crippen molar-refractivity contribution in [1.82, 2.24) is 19.6 Å². The van der Waals surface area contributed by atoms with Gasteiger partial charge in [-0.1, -0.05) is 6.07 Å². The molecule has 0 saturated carbocycles. The van der Waals surface area contributed by atoms with E-state index in [1.54, 1.807) is 24.3 Å². The number of carboxylic acids is 1. The lowest BCUT2D eigenvalue weighted by Crippen LogP contribution is -2.21. The number of benzene rings is 1. The second-order valence-electron chi connectivity index (χ2n) is 6.50. The van der Waals surface area contributed by atoms with Crippen LogP contribution in [0.2, 0.25) is 0 Å². The number of carbonyl (C=O) groups is 3. The van der Waals surface area contributed by atoms with Gasteiger partial charge in [0.1, 0.15) is 11.4 Å². The molecule has 31 heavy (non-hydrogen) atoms. The summed E-state index contributed by atoms with van der Waals surface area (Å²) < 4.78 is 8.01. The maximum absolute atomic E-state index is 12.9. The predicted octanol–water partition coefficient (Wildman–Crippen LogP) is 2.09. The van der Waals surface area contributed by atoms with E-state index in [1.807, 2.05) is 6.92 Å². The Bertz CT molecular complexity index is 1100. The molecule has 11 heteroatoms. The molecule has 0 unspecified atom stereocenters. The third-order valence-electron chi connectivity index (χ3n) is 4.40. The zero-order valence-electron chi connectivity index (χ0n) is 17.0. The van der Waals surface area contributed by atoms with Gasteiger partial charge in [0.2, 0.25) is 5.91 Å². The van der Waals surface area contributed by atoms with Crippen molar-refractivity contribution in [2.75, 3.05) is 17.7 Å². The van der Waals surface area contributed by atoms with Crippen LogP contribution >= 0.6 is 0 Å². The van der Waals surface area contributed by atoms with E-state index in [2.05, 4.69) is 20.8 Å². The second kappa shape index (κ2) is 9.57. The maximum atomic E-state index is 12.9. The molecule has 0 aliphatic carbocycles. The molecule has 0 saturated heterocycles. The summed E-state index contributed by atoms with van der Waals surface area (Å²) in [6.45, 7) is 2.45. The van der Waals surface area contributed by atoms with Crippen LogP contribution in [0.1, 0.15) is 34.2 Å². The zero-order chi connectivity index (χ0) is 22.4. The summed E-state index contributed by atoms with van der Waals surface area (Å²) in [5, 5.41) is 22.5.